The van der Waals surface area contributed by atoms with Crippen LogP contribution in [-0.4, -0.2) is 28.6 Å². The summed E-state index contributed by atoms with van der Waals surface area (Å²) in [4.78, 5) is 28.2. The maximum atomic E-state index is 13.6. The van der Waals surface area contributed by atoms with Crippen LogP contribution in [0.2, 0.25) is 0 Å². The standard InChI is InChI=1S/C25H21N3O3S/c1-31-24(29)17-10-12-19(13-11-17)26-25(30)28-16-18-6-2-3-7-20(18)27-14-4-8-21(27)23(28)22-9-5-15-32-22/h2-15,23H,16H2,1H3,(H,26,30)/t23-/m0/s1. The third-order valence-electron chi connectivity index (χ3n) is 5.59. The number of hydrogen-bond acceptors (Lipinski definition) is 4. The molecule has 0 fully saturated rings. The molecule has 1 atom stereocenters. The molecule has 6 nitrogen and oxygen atoms in total. The maximum Gasteiger partial charge on any atom is 0.337 e. The number of para-hydroxylation sites is 1. The van der Waals surface area contributed by atoms with Crippen LogP contribution in [0.5, 0.6) is 0 Å². The molecule has 7 heteroatoms. The number of urea groups is 1. The smallest absolute Gasteiger partial charge is 0.337 e. The number of ether oxygens (including phenoxy) is 1. The number of anilines is 1. The Morgan fingerprint density at radius 3 is 2.56 bits per heavy atom. The van der Waals surface area contributed by atoms with Crippen LogP contribution in [0.1, 0.15) is 32.5 Å². The molecule has 2 aromatic carbocycles. The van der Waals surface area contributed by atoms with Gasteiger partial charge < -0.3 is 19.5 Å². The number of amides is 2. The van der Waals surface area contributed by atoms with E-state index in [1.807, 2.05) is 40.7 Å². The highest BCUT2D eigenvalue weighted by atomic mass is 32.1. The van der Waals surface area contributed by atoms with Gasteiger partial charge in [0.2, 0.25) is 0 Å². The number of carbonyl (C=O) groups excluding carboxylic acids is 2. The number of carbonyl (C=O) groups is 2. The molecular weight excluding hydrogens is 422 g/mol. The predicted molar refractivity (Wildman–Crippen MR) is 124 cm³/mol. The highest BCUT2D eigenvalue weighted by Gasteiger charge is 2.33. The summed E-state index contributed by atoms with van der Waals surface area (Å²) >= 11 is 1.63. The van der Waals surface area contributed by atoms with E-state index in [1.165, 1.54) is 7.11 Å². The molecule has 1 N–H and O–H groups in total. The highest BCUT2D eigenvalue weighted by molar-refractivity contribution is 7.10. The topological polar surface area (TPSA) is 63.6 Å². The molecule has 0 bridgehead atoms. The van der Waals surface area contributed by atoms with Crippen LogP contribution in [0.4, 0.5) is 10.5 Å². The van der Waals surface area contributed by atoms with E-state index >= 15 is 0 Å². The molecule has 0 saturated heterocycles. The molecule has 3 heterocycles. The average Bonchev–Trinajstić information content (AvgIpc) is 3.50. The van der Waals surface area contributed by atoms with Crippen LogP contribution < -0.4 is 5.32 Å². The Balaban J connectivity index is 1.52. The van der Waals surface area contributed by atoms with Gasteiger partial charge in [-0.25, -0.2) is 9.59 Å². The zero-order valence-electron chi connectivity index (χ0n) is 17.4. The molecular formula is C25H21N3O3S. The van der Waals surface area contributed by atoms with Crippen molar-refractivity contribution in [2.24, 2.45) is 0 Å². The Bertz CT molecular complexity index is 1260. The van der Waals surface area contributed by atoms with E-state index < -0.39 is 5.97 Å². The number of rotatable bonds is 3. The Morgan fingerprint density at radius 2 is 1.81 bits per heavy atom. The first-order chi connectivity index (χ1) is 15.7. The average molecular weight is 444 g/mol. The van der Waals surface area contributed by atoms with Gasteiger partial charge in [0.15, 0.2) is 0 Å². The normalized spacial score (nSPS) is 14.8. The summed E-state index contributed by atoms with van der Waals surface area (Å²) in [6.07, 6.45) is 2.04. The summed E-state index contributed by atoms with van der Waals surface area (Å²) in [5.74, 6) is -0.412. The summed E-state index contributed by atoms with van der Waals surface area (Å²) < 4.78 is 6.91. The number of aromatic nitrogens is 1. The lowest BCUT2D eigenvalue weighted by Crippen LogP contribution is -2.37. The van der Waals surface area contributed by atoms with Crippen LogP contribution in [0.3, 0.4) is 0 Å². The second kappa shape index (κ2) is 8.36. The molecule has 0 spiro atoms. The Morgan fingerprint density at radius 1 is 1.00 bits per heavy atom. The summed E-state index contributed by atoms with van der Waals surface area (Å²) in [5, 5.41) is 5.03. The number of nitrogens with zero attached hydrogens (tertiary/aromatic N) is 2. The first-order valence-corrected chi connectivity index (χ1v) is 11.1. The lowest BCUT2D eigenvalue weighted by Gasteiger charge is -2.30. The number of hydrogen-bond donors (Lipinski definition) is 1. The molecule has 1 aliphatic rings. The summed E-state index contributed by atoms with van der Waals surface area (Å²) in [6.45, 7) is 0.465. The summed E-state index contributed by atoms with van der Waals surface area (Å²) in [7, 11) is 1.34. The largest absolute Gasteiger partial charge is 0.465 e. The molecule has 0 aliphatic carbocycles. The minimum absolute atomic E-state index is 0.210. The van der Waals surface area contributed by atoms with Crippen LogP contribution >= 0.6 is 11.3 Å². The van der Waals surface area contributed by atoms with Crippen LogP contribution in [0.25, 0.3) is 5.69 Å². The minimum Gasteiger partial charge on any atom is -0.465 e. The zero-order valence-corrected chi connectivity index (χ0v) is 18.2. The van der Waals surface area contributed by atoms with Crippen molar-refractivity contribution in [3.8, 4) is 5.69 Å². The third kappa shape index (κ3) is 3.56. The minimum atomic E-state index is -0.412. The number of benzene rings is 2. The summed E-state index contributed by atoms with van der Waals surface area (Å²) in [6, 6.07) is 22.6. The molecule has 2 aromatic heterocycles. The van der Waals surface area contributed by atoms with Crippen LogP contribution in [-0.2, 0) is 11.3 Å². The first-order valence-electron chi connectivity index (χ1n) is 10.2. The van der Waals surface area contributed by atoms with Gasteiger partial charge in [-0.05, 0) is 59.5 Å². The van der Waals surface area contributed by atoms with Crippen LogP contribution in [0, 0.1) is 0 Å². The Labute approximate surface area is 189 Å². The van der Waals surface area contributed by atoms with Crippen molar-refractivity contribution < 1.29 is 14.3 Å². The number of methoxy groups -OCH3 is 1. The van der Waals surface area contributed by atoms with E-state index in [2.05, 4.69) is 34.1 Å². The van der Waals surface area contributed by atoms with E-state index in [1.54, 1.807) is 35.6 Å². The van der Waals surface area contributed by atoms with Crippen molar-refractivity contribution in [3.63, 3.8) is 0 Å². The van der Waals surface area contributed by atoms with Gasteiger partial charge in [-0.2, -0.15) is 0 Å². The molecule has 5 rings (SSSR count). The lowest BCUT2D eigenvalue weighted by molar-refractivity contribution is 0.0600. The molecule has 0 unspecified atom stereocenters. The Kier molecular flexibility index (Phi) is 5.25. The predicted octanol–water partition coefficient (Wildman–Crippen LogP) is 5.46. The monoisotopic (exact) mass is 443 g/mol. The fourth-order valence-corrected chi connectivity index (χ4v) is 4.94. The van der Waals surface area contributed by atoms with Gasteiger partial charge in [0, 0.05) is 16.8 Å². The molecule has 0 radical (unpaired) electrons. The first kappa shape index (κ1) is 20.1. The molecule has 2 amide bonds. The zero-order chi connectivity index (χ0) is 22.1. The maximum absolute atomic E-state index is 13.6. The van der Waals surface area contributed by atoms with Gasteiger partial charge in [-0.1, -0.05) is 24.3 Å². The van der Waals surface area contributed by atoms with E-state index in [4.69, 9.17) is 4.74 Å². The molecule has 160 valence electrons. The molecule has 4 aromatic rings. The van der Waals surface area contributed by atoms with Crippen molar-refractivity contribution in [3.05, 3.63) is 106 Å². The van der Waals surface area contributed by atoms with Crippen molar-refractivity contribution in [2.75, 3.05) is 12.4 Å². The molecule has 32 heavy (non-hydrogen) atoms. The van der Waals surface area contributed by atoms with Gasteiger partial charge in [-0.3, -0.25) is 0 Å². The molecule has 1 aliphatic heterocycles. The Hall–Kier alpha value is -3.84. The van der Waals surface area contributed by atoms with Gasteiger partial charge in [-0.15, -0.1) is 11.3 Å². The highest BCUT2D eigenvalue weighted by Crippen LogP contribution is 2.38. The van der Waals surface area contributed by atoms with Gasteiger partial charge in [0.1, 0.15) is 6.04 Å². The SMILES string of the molecule is COC(=O)c1ccc(NC(=O)N2Cc3ccccc3-n3cccc3[C@H]2c2cccs2)cc1. The lowest BCUT2D eigenvalue weighted by atomic mass is 10.1. The van der Waals surface area contributed by atoms with E-state index in [0.29, 0.717) is 17.8 Å². The molecule has 0 saturated carbocycles. The second-order valence-electron chi connectivity index (χ2n) is 7.48. The number of esters is 1. The van der Waals surface area contributed by atoms with Gasteiger partial charge >= 0.3 is 12.0 Å². The van der Waals surface area contributed by atoms with Crippen molar-refractivity contribution in [1.82, 2.24) is 9.47 Å². The second-order valence-corrected chi connectivity index (χ2v) is 8.46. The quantitative estimate of drug-likeness (QED) is 0.428. The van der Waals surface area contributed by atoms with Crippen molar-refractivity contribution in [2.45, 2.75) is 12.6 Å². The number of nitrogens with one attached hydrogen (secondary N) is 1. The van der Waals surface area contributed by atoms with Crippen molar-refractivity contribution in [1.29, 1.82) is 0 Å². The third-order valence-corrected chi connectivity index (χ3v) is 6.52. The summed E-state index contributed by atoms with van der Waals surface area (Å²) in [5.41, 5.74) is 4.23. The number of thiophene rings is 1. The van der Waals surface area contributed by atoms with E-state index in [-0.39, 0.29) is 12.1 Å². The van der Waals surface area contributed by atoms with Gasteiger partial charge in [0.05, 0.1) is 30.6 Å². The fourth-order valence-electron chi connectivity index (χ4n) is 4.09. The number of fused-ring (bicyclic) bond motifs is 3. The van der Waals surface area contributed by atoms with Crippen molar-refractivity contribution >= 4 is 29.0 Å². The van der Waals surface area contributed by atoms with Crippen LogP contribution in [0.15, 0.2) is 84.4 Å². The fraction of sp³-hybridized carbons (Fsp3) is 0.120. The van der Waals surface area contributed by atoms with E-state index in [0.717, 1.165) is 21.8 Å². The van der Waals surface area contributed by atoms with Gasteiger partial charge in [0.25, 0.3) is 0 Å². The van der Waals surface area contributed by atoms with E-state index in [9.17, 15) is 9.59 Å².